The van der Waals surface area contributed by atoms with Gasteiger partial charge in [-0.05, 0) is 6.42 Å². The van der Waals surface area contributed by atoms with Gasteiger partial charge in [0.1, 0.15) is 0 Å². The highest BCUT2D eigenvalue weighted by Gasteiger charge is 2.02. The molecule has 0 radical (unpaired) electrons. The molecule has 2 nitrogen and oxygen atoms in total. The topological polar surface area (TPSA) is 37.3 Å². The summed E-state index contributed by atoms with van der Waals surface area (Å²) in [6.45, 7) is 0. The number of hydrogen-bond donors (Lipinski definition) is 3. The molecule has 0 aromatic rings. The average Bonchev–Trinajstić information content (AvgIpc) is 1.83. The lowest BCUT2D eigenvalue weighted by atomic mass is 10.2. The Bertz CT molecular complexity index is 95.0. The van der Waals surface area contributed by atoms with Gasteiger partial charge in [-0.1, -0.05) is 0 Å². The van der Waals surface area contributed by atoms with Crippen LogP contribution in [0.15, 0.2) is 0 Å². The highest BCUT2D eigenvalue weighted by atomic mass is 32.1. The molecular weight excluding hydrogens is 156 g/mol. The predicted octanol–water partition coefficient (Wildman–Crippen LogP) is 1.08. The van der Waals surface area contributed by atoms with E-state index in [1.807, 2.05) is 0 Å². The number of rotatable bonds is 4. The Labute approximate surface area is 65.5 Å². The lowest BCUT2D eigenvalue weighted by Crippen LogP contribution is -2.04. The Kier molecular flexibility index (Phi) is 5.09. The molecule has 1 unspecified atom stereocenters. The molecule has 0 amide bonds. The molecule has 0 saturated carbocycles. The van der Waals surface area contributed by atoms with Crippen LogP contribution in [0.2, 0.25) is 0 Å². The van der Waals surface area contributed by atoms with E-state index in [0.717, 1.165) is 0 Å². The molecule has 0 bridgehead atoms. The number of thiol groups is 2. The molecule has 0 fully saturated rings. The van der Waals surface area contributed by atoms with Crippen LogP contribution in [0.5, 0.6) is 0 Å². The molecule has 1 atom stereocenters. The Morgan fingerprint density at radius 1 is 1.67 bits per heavy atom. The minimum atomic E-state index is -0.768. The molecular formula is C5H10O2S2. The largest absolute Gasteiger partial charge is 0.481 e. The standard InChI is InChI=1S/C5H10O2S2/c6-5(7)2-1-4(9)3-8/h4,8-9H,1-3H2,(H,6,7). The van der Waals surface area contributed by atoms with Gasteiger partial charge in [0.05, 0.1) is 0 Å². The first kappa shape index (κ1) is 9.17. The molecule has 0 aromatic carbocycles. The molecule has 54 valence electrons. The lowest BCUT2D eigenvalue weighted by Gasteiger charge is -2.02. The molecule has 9 heavy (non-hydrogen) atoms. The summed E-state index contributed by atoms with van der Waals surface area (Å²) in [5.41, 5.74) is 0. The molecule has 0 heterocycles. The molecule has 0 aliphatic carbocycles. The van der Waals surface area contributed by atoms with Crippen molar-refractivity contribution in [2.24, 2.45) is 0 Å². The monoisotopic (exact) mass is 166 g/mol. The molecule has 4 heteroatoms. The first-order chi connectivity index (χ1) is 4.16. The fraction of sp³-hybridized carbons (Fsp3) is 0.800. The second kappa shape index (κ2) is 4.99. The highest BCUT2D eigenvalue weighted by Crippen LogP contribution is 2.05. The van der Waals surface area contributed by atoms with Gasteiger partial charge in [-0.15, -0.1) is 0 Å². The lowest BCUT2D eigenvalue weighted by molar-refractivity contribution is -0.137. The summed E-state index contributed by atoms with van der Waals surface area (Å²) in [6, 6.07) is 0. The van der Waals surface area contributed by atoms with Crippen molar-refractivity contribution in [2.45, 2.75) is 18.1 Å². The van der Waals surface area contributed by atoms with E-state index in [-0.39, 0.29) is 11.7 Å². The number of carbonyl (C=O) groups is 1. The number of hydrogen-bond acceptors (Lipinski definition) is 3. The van der Waals surface area contributed by atoms with Crippen LogP contribution < -0.4 is 0 Å². The Balaban J connectivity index is 3.16. The molecule has 0 rings (SSSR count). The Morgan fingerprint density at radius 3 is 2.56 bits per heavy atom. The maximum Gasteiger partial charge on any atom is 0.303 e. The van der Waals surface area contributed by atoms with E-state index < -0.39 is 5.97 Å². The minimum Gasteiger partial charge on any atom is -0.481 e. The van der Waals surface area contributed by atoms with Gasteiger partial charge in [-0.3, -0.25) is 4.79 Å². The Morgan fingerprint density at radius 2 is 2.22 bits per heavy atom. The zero-order valence-corrected chi connectivity index (χ0v) is 6.74. The van der Waals surface area contributed by atoms with Crippen LogP contribution >= 0.6 is 25.3 Å². The summed E-state index contributed by atoms with van der Waals surface area (Å²) in [5.74, 6) is -0.132. The van der Waals surface area contributed by atoms with Crippen LogP contribution in [0, 0.1) is 0 Å². The zero-order chi connectivity index (χ0) is 7.28. The highest BCUT2D eigenvalue weighted by molar-refractivity contribution is 7.84. The molecule has 0 spiro atoms. The van der Waals surface area contributed by atoms with Crippen LogP contribution in [-0.2, 0) is 4.79 Å². The van der Waals surface area contributed by atoms with Crippen molar-refractivity contribution in [1.82, 2.24) is 0 Å². The van der Waals surface area contributed by atoms with Crippen molar-refractivity contribution in [2.75, 3.05) is 5.75 Å². The van der Waals surface area contributed by atoms with Gasteiger partial charge in [0.25, 0.3) is 0 Å². The molecule has 0 aliphatic rings. The number of carboxylic acids is 1. The van der Waals surface area contributed by atoms with Crippen LogP contribution in [-0.4, -0.2) is 22.1 Å². The Hall–Kier alpha value is 0.170. The van der Waals surface area contributed by atoms with E-state index in [2.05, 4.69) is 25.3 Å². The maximum absolute atomic E-state index is 9.96. The van der Waals surface area contributed by atoms with Gasteiger partial charge < -0.3 is 5.11 Å². The van der Waals surface area contributed by atoms with Crippen molar-refractivity contribution in [1.29, 1.82) is 0 Å². The first-order valence-corrected chi connectivity index (χ1v) is 3.82. The third kappa shape index (κ3) is 6.05. The van der Waals surface area contributed by atoms with Crippen LogP contribution in [0.4, 0.5) is 0 Å². The summed E-state index contributed by atoms with van der Waals surface area (Å²) < 4.78 is 0. The van der Waals surface area contributed by atoms with Gasteiger partial charge in [-0.25, -0.2) is 0 Å². The normalized spacial score (nSPS) is 13.1. The van der Waals surface area contributed by atoms with E-state index >= 15 is 0 Å². The quantitative estimate of drug-likeness (QED) is 0.547. The SMILES string of the molecule is O=C(O)CCC(S)CS. The average molecular weight is 166 g/mol. The van der Waals surface area contributed by atoms with Crippen molar-refractivity contribution in [3.8, 4) is 0 Å². The molecule has 0 saturated heterocycles. The zero-order valence-electron chi connectivity index (χ0n) is 4.95. The fourth-order valence-electron chi connectivity index (χ4n) is 0.381. The summed E-state index contributed by atoms with van der Waals surface area (Å²) >= 11 is 8.01. The van der Waals surface area contributed by atoms with Crippen LogP contribution in [0.1, 0.15) is 12.8 Å². The second-order valence-corrected chi connectivity index (χ2v) is 2.86. The van der Waals surface area contributed by atoms with Crippen LogP contribution in [0.3, 0.4) is 0 Å². The summed E-state index contributed by atoms with van der Waals surface area (Å²) in [6.07, 6.45) is 0.788. The van der Waals surface area contributed by atoms with E-state index in [1.54, 1.807) is 0 Å². The maximum atomic E-state index is 9.96. The number of aliphatic carboxylic acids is 1. The first-order valence-electron chi connectivity index (χ1n) is 2.67. The van der Waals surface area contributed by atoms with Gasteiger partial charge in [0.15, 0.2) is 0 Å². The van der Waals surface area contributed by atoms with Gasteiger partial charge >= 0.3 is 5.97 Å². The van der Waals surface area contributed by atoms with Gasteiger partial charge in [0, 0.05) is 17.4 Å². The minimum absolute atomic E-state index is 0.115. The van der Waals surface area contributed by atoms with E-state index in [1.165, 1.54) is 0 Å². The van der Waals surface area contributed by atoms with E-state index in [0.29, 0.717) is 12.2 Å². The summed E-state index contributed by atoms with van der Waals surface area (Å²) in [5, 5.41) is 8.31. The van der Waals surface area contributed by atoms with Gasteiger partial charge in [0.2, 0.25) is 0 Å². The third-order valence-electron chi connectivity index (χ3n) is 0.902. The predicted molar refractivity (Wildman–Crippen MR) is 43.5 cm³/mol. The van der Waals surface area contributed by atoms with Crippen molar-refractivity contribution < 1.29 is 9.90 Å². The molecule has 0 aliphatic heterocycles. The van der Waals surface area contributed by atoms with Crippen molar-refractivity contribution in [3.05, 3.63) is 0 Å². The van der Waals surface area contributed by atoms with Gasteiger partial charge in [-0.2, -0.15) is 25.3 Å². The fourth-order valence-corrected chi connectivity index (χ4v) is 0.693. The molecule has 0 aromatic heterocycles. The molecule has 1 N–H and O–H groups in total. The number of carboxylic acid groups (broad SMARTS) is 1. The second-order valence-electron chi connectivity index (χ2n) is 1.77. The summed E-state index contributed by atoms with van der Waals surface area (Å²) in [4.78, 5) is 9.96. The van der Waals surface area contributed by atoms with E-state index in [9.17, 15) is 4.79 Å². The summed E-state index contributed by atoms with van der Waals surface area (Å²) in [7, 11) is 0. The third-order valence-corrected chi connectivity index (χ3v) is 2.07. The van der Waals surface area contributed by atoms with E-state index in [4.69, 9.17) is 5.11 Å². The van der Waals surface area contributed by atoms with Crippen molar-refractivity contribution >= 4 is 31.2 Å². The van der Waals surface area contributed by atoms with Crippen molar-refractivity contribution in [3.63, 3.8) is 0 Å². The van der Waals surface area contributed by atoms with Crippen LogP contribution in [0.25, 0.3) is 0 Å². The smallest absolute Gasteiger partial charge is 0.303 e.